The molecule has 1 rings (SSSR count). The summed E-state index contributed by atoms with van der Waals surface area (Å²) in [5.41, 5.74) is 6.29. The van der Waals surface area contributed by atoms with Crippen LogP contribution in [0.15, 0.2) is 0 Å². The summed E-state index contributed by atoms with van der Waals surface area (Å²) in [4.78, 5) is 4.66. The molecule has 1 aliphatic rings. The van der Waals surface area contributed by atoms with Gasteiger partial charge in [0.2, 0.25) is 0 Å². The van der Waals surface area contributed by atoms with E-state index in [-0.39, 0.29) is 12.6 Å². The van der Waals surface area contributed by atoms with E-state index in [2.05, 4.69) is 30.9 Å². The van der Waals surface area contributed by atoms with E-state index in [1.807, 2.05) is 0 Å². The minimum Gasteiger partial charge on any atom is -0.396 e. The first kappa shape index (κ1) is 13.9. The van der Waals surface area contributed by atoms with E-state index in [1.165, 1.54) is 19.3 Å². The SMILES string of the molecule is CN(CC(N)CCO)CC1(N(C)C)CCC1. The van der Waals surface area contributed by atoms with Crippen molar-refractivity contribution in [3.63, 3.8) is 0 Å². The molecule has 0 amide bonds. The van der Waals surface area contributed by atoms with Crippen molar-refractivity contribution in [2.45, 2.75) is 37.3 Å². The van der Waals surface area contributed by atoms with Crippen molar-refractivity contribution in [3.8, 4) is 0 Å². The van der Waals surface area contributed by atoms with Crippen molar-refractivity contribution >= 4 is 0 Å². The smallest absolute Gasteiger partial charge is 0.0446 e. The number of nitrogens with two attached hydrogens (primary N) is 1. The maximum Gasteiger partial charge on any atom is 0.0446 e. The highest BCUT2D eigenvalue weighted by Gasteiger charge is 2.39. The molecule has 0 heterocycles. The van der Waals surface area contributed by atoms with Crippen LogP contribution in [0, 0.1) is 0 Å². The first-order chi connectivity index (χ1) is 7.50. The van der Waals surface area contributed by atoms with Gasteiger partial charge in [0.15, 0.2) is 0 Å². The lowest BCUT2D eigenvalue weighted by molar-refractivity contribution is 0.0260. The zero-order valence-electron chi connectivity index (χ0n) is 10.9. The molecule has 96 valence electrons. The second kappa shape index (κ2) is 5.96. The predicted molar refractivity (Wildman–Crippen MR) is 67.4 cm³/mol. The Hall–Kier alpha value is -0.160. The third kappa shape index (κ3) is 3.42. The molecule has 1 saturated carbocycles. The van der Waals surface area contributed by atoms with E-state index >= 15 is 0 Å². The van der Waals surface area contributed by atoms with E-state index in [1.54, 1.807) is 0 Å². The van der Waals surface area contributed by atoms with Crippen LogP contribution in [0.25, 0.3) is 0 Å². The number of rotatable bonds is 7. The molecule has 0 aromatic carbocycles. The van der Waals surface area contributed by atoms with Crippen LogP contribution in [-0.4, -0.2) is 67.3 Å². The third-order valence-corrected chi connectivity index (χ3v) is 3.84. The monoisotopic (exact) mass is 229 g/mol. The van der Waals surface area contributed by atoms with Crippen molar-refractivity contribution in [1.82, 2.24) is 9.80 Å². The molecule has 0 aliphatic heterocycles. The molecular formula is C12H27N3O. The highest BCUT2D eigenvalue weighted by molar-refractivity contribution is 4.98. The Morgan fingerprint density at radius 1 is 1.31 bits per heavy atom. The van der Waals surface area contributed by atoms with Crippen molar-refractivity contribution in [3.05, 3.63) is 0 Å². The molecule has 1 fully saturated rings. The van der Waals surface area contributed by atoms with Crippen LogP contribution < -0.4 is 5.73 Å². The second-order valence-electron chi connectivity index (χ2n) is 5.44. The van der Waals surface area contributed by atoms with Gasteiger partial charge in [0, 0.05) is 31.3 Å². The number of hydrogen-bond acceptors (Lipinski definition) is 4. The molecule has 4 heteroatoms. The lowest BCUT2D eigenvalue weighted by atomic mass is 9.75. The standard InChI is InChI=1S/C12H27N3O/c1-14(2)12(6-4-7-12)10-15(3)9-11(13)5-8-16/h11,16H,4-10,13H2,1-3H3. The third-order valence-electron chi connectivity index (χ3n) is 3.84. The Balaban J connectivity index is 2.35. The van der Waals surface area contributed by atoms with Crippen LogP contribution in [0.2, 0.25) is 0 Å². The fourth-order valence-electron chi connectivity index (χ4n) is 2.56. The van der Waals surface area contributed by atoms with Crippen molar-refractivity contribution in [2.24, 2.45) is 5.73 Å². The molecule has 0 radical (unpaired) electrons. The van der Waals surface area contributed by atoms with Gasteiger partial charge in [0.25, 0.3) is 0 Å². The van der Waals surface area contributed by atoms with Crippen LogP contribution in [0.3, 0.4) is 0 Å². The fraction of sp³-hybridized carbons (Fsp3) is 1.00. The van der Waals surface area contributed by atoms with Gasteiger partial charge in [-0.15, -0.1) is 0 Å². The molecular weight excluding hydrogens is 202 g/mol. The number of aliphatic hydroxyl groups excluding tert-OH is 1. The summed E-state index contributed by atoms with van der Waals surface area (Å²) in [7, 11) is 6.46. The van der Waals surface area contributed by atoms with Gasteiger partial charge in [-0.25, -0.2) is 0 Å². The highest BCUT2D eigenvalue weighted by Crippen LogP contribution is 2.36. The molecule has 0 aromatic rings. The lowest BCUT2D eigenvalue weighted by Crippen LogP contribution is -2.57. The number of likely N-dealkylation sites (N-methyl/N-ethyl adjacent to an activating group) is 2. The number of nitrogens with zero attached hydrogens (tertiary/aromatic N) is 2. The summed E-state index contributed by atoms with van der Waals surface area (Å²) < 4.78 is 0. The maximum absolute atomic E-state index is 8.82. The van der Waals surface area contributed by atoms with E-state index in [9.17, 15) is 0 Å². The Bertz CT molecular complexity index is 204. The van der Waals surface area contributed by atoms with E-state index < -0.39 is 0 Å². The quantitative estimate of drug-likeness (QED) is 0.651. The van der Waals surface area contributed by atoms with Crippen LogP contribution in [0.5, 0.6) is 0 Å². The minimum absolute atomic E-state index is 0.0919. The Morgan fingerprint density at radius 3 is 2.31 bits per heavy atom. The topological polar surface area (TPSA) is 52.7 Å². The molecule has 16 heavy (non-hydrogen) atoms. The van der Waals surface area contributed by atoms with Crippen LogP contribution in [0.4, 0.5) is 0 Å². The zero-order valence-corrected chi connectivity index (χ0v) is 10.9. The van der Waals surface area contributed by atoms with Gasteiger partial charge in [-0.1, -0.05) is 0 Å². The Morgan fingerprint density at radius 2 is 1.94 bits per heavy atom. The molecule has 1 atom stereocenters. The summed E-state index contributed by atoms with van der Waals surface area (Å²) in [6, 6.07) is 0.0919. The second-order valence-corrected chi connectivity index (χ2v) is 5.44. The summed E-state index contributed by atoms with van der Waals surface area (Å²) in [5, 5.41) is 8.82. The van der Waals surface area contributed by atoms with Gasteiger partial charge in [-0.2, -0.15) is 0 Å². The maximum atomic E-state index is 8.82. The largest absolute Gasteiger partial charge is 0.396 e. The van der Waals surface area contributed by atoms with Gasteiger partial charge >= 0.3 is 0 Å². The molecule has 0 spiro atoms. The van der Waals surface area contributed by atoms with E-state index in [0.717, 1.165) is 13.1 Å². The predicted octanol–water partition coefficient (Wildman–Crippen LogP) is 0.112. The number of aliphatic hydroxyl groups is 1. The normalized spacial score (nSPS) is 21.2. The van der Waals surface area contributed by atoms with Gasteiger partial charge in [0.1, 0.15) is 0 Å². The molecule has 4 nitrogen and oxygen atoms in total. The van der Waals surface area contributed by atoms with Crippen LogP contribution in [-0.2, 0) is 0 Å². The van der Waals surface area contributed by atoms with Gasteiger partial charge < -0.3 is 20.6 Å². The summed E-state index contributed by atoms with van der Waals surface area (Å²) in [6.07, 6.45) is 4.62. The zero-order chi connectivity index (χ0) is 12.2. The van der Waals surface area contributed by atoms with Gasteiger partial charge in [-0.05, 0) is 46.8 Å². The summed E-state index contributed by atoms with van der Waals surface area (Å²) in [5.74, 6) is 0. The average molecular weight is 229 g/mol. The highest BCUT2D eigenvalue weighted by atomic mass is 16.3. The Labute approximate surface area is 99.4 Å². The molecule has 1 unspecified atom stereocenters. The lowest BCUT2D eigenvalue weighted by Gasteiger charge is -2.49. The minimum atomic E-state index is 0.0919. The Kier molecular flexibility index (Phi) is 5.18. The first-order valence-electron chi connectivity index (χ1n) is 6.22. The molecule has 0 bridgehead atoms. The fourth-order valence-corrected chi connectivity index (χ4v) is 2.56. The van der Waals surface area contributed by atoms with E-state index in [4.69, 9.17) is 10.8 Å². The van der Waals surface area contributed by atoms with Gasteiger partial charge in [-0.3, -0.25) is 0 Å². The van der Waals surface area contributed by atoms with Crippen molar-refractivity contribution in [1.29, 1.82) is 0 Å². The van der Waals surface area contributed by atoms with Crippen LogP contribution >= 0.6 is 0 Å². The molecule has 0 aromatic heterocycles. The average Bonchev–Trinajstić information content (AvgIpc) is 2.10. The summed E-state index contributed by atoms with van der Waals surface area (Å²) >= 11 is 0. The van der Waals surface area contributed by atoms with Crippen LogP contribution in [0.1, 0.15) is 25.7 Å². The molecule has 1 aliphatic carbocycles. The van der Waals surface area contributed by atoms with Gasteiger partial charge in [0.05, 0.1) is 0 Å². The molecule has 3 N–H and O–H groups in total. The van der Waals surface area contributed by atoms with E-state index in [0.29, 0.717) is 12.0 Å². The van der Waals surface area contributed by atoms with Crippen molar-refractivity contribution in [2.75, 3.05) is 40.8 Å². The summed E-state index contributed by atoms with van der Waals surface area (Å²) in [6.45, 7) is 2.14. The number of hydrogen-bond donors (Lipinski definition) is 2. The first-order valence-corrected chi connectivity index (χ1v) is 6.22. The van der Waals surface area contributed by atoms with Crippen molar-refractivity contribution < 1.29 is 5.11 Å². The molecule has 0 saturated heterocycles.